The van der Waals surface area contributed by atoms with Crippen molar-refractivity contribution in [2.24, 2.45) is 0 Å². The van der Waals surface area contributed by atoms with Crippen molar-refractivity contribution in [1.29, 1.82) is 0 Å². The van der Waals surface area contributed by atoms with Crippen molar-refractivity contribution in [3.8, 4) is 0 Å². The molecule has 2 N–H and O–H groups in total. The van der Waals surface area contributed by atoms with Crippen LogP contribution in [-0.4, -0.2) is 29.9 Å². The Kier molecular flexibility index (Phi) is 3.33. The van der Waals surface area contributed by atoms with E-state index in [4.69, 9.17) is 4.74 Å². The highest BCUT2D eigenvalue weighted by molar-refractivity contribution is 5.19. The van der Waals surface area contributed by atoms with Gasteiger partial charge in [-0.15, -0.1) is 0 Å². The molecule has 4 heteroatoms. The second-order valence-corrected chi connectivity index (χ2v) is 5.20. The summed E-state index contributed by atoms with van der Waals surface area (Å²) in [6.45, 7) is 0.445. The topological polar surface area (TPSA) is 41.5 Å². The minimum atomic E-state index is -0.667. The monoisotopic (exact) mass is 251 g/mol. The first-order chi connectivity index (χ1) is 8.72. The van der Waals surface area contributed by atoms with Gasteiger partial charge in [-0.3, -0.25) is 0 Å². The fourth-order valence-corrected chi connectivity index (χ4v) is 2.95. The van der Waals surface area contributed by atoms with E-state index in [1.807, 2.05) is 0 Å². The molecule has 98 valence electrons. The molecule has 2 fully saturated rings. The molecule has 2 bridgehead atoms. The van der Waals surface area contributed by atoms with E-state index >= 15 is 0 Å². The number of halogens is 1. The van der Waals surface area contributed by atoms with Gasteiger partial charge in [0.05, 0.1) is 18.3 Å². The van der Waals surface area contributed by atoms with E-state index in [1.54, 1.807) is 12.1 Å². The Morgan fingerprint density at radius 3 is 3.00 bits per heavy atom. The van der Waals surface area contributed by atoms with E-state index in [0.717, 1.165) is 19.3 Å². The number of rotatable bonds is 4. The van der Waals surface area contributed by atoms with E-state index in [-0.39, 0.29) is 5.82 Å². The molecule has 3 nitrogen and oxygen atoms in total. The van der Waals surface area contributed by atoms with E-state index in [0.29, 0.717) is 30.4 Å². The Balaban J connectivity index is 1.54. The summed E-state index contributed by atoms with van der Waals surface area (Å²) in [5.74, 6) is -0.310. The van der Waals surface area contributed by atoms with Gasteiger partial charge in [-0.2, -0.15) is 0 Å². The maximum atomic E-state index is 13.0. The Hall–Kier alpha value is -0.970. The lowest BCUT2D eigenvalue weighted by atomic mass is 9.95. The van der Waals surface area contributed by atoms with Crippen LogP contribution in [0, 0.1) is 5.82 Å². The van der Waals surface area contributed by atoms with Gasteiger partial charge in [0.15, 0.2) is 0 Å². The Labute approximate surface area is 106 Å². The number of nitrogens with one attached hydrogen (secondary N) is 1. The highest BCUT2D eigenvalue weighted by Crippen LogP contribution is 2.34. The van der Waals surface area contributed by atoms with Crippen LogP contribution in [0.2, 0.25) is 0 Å². The Morgan fingerprint density at radius 2 is 2.33 bits per heavy atom. The molecule has 18 heavy (non-hydrogen) atoms. The van der Waals surface area contributed by atoms with Crippen LogP contribution in [0.3, 0.4) is 0 Å². The average molecular weight is 251 g/mol. The second-order valence-electron chi connectivity index (χ2n) is 5.20. The first kappa shape index (κ1) is 12.1. The van der Waals surface area contributed by atoms with Crippen LogP contribution < -0.4 is 5.32 Å². The van der Waals surface area contributed by atoms with Crippen molar-refractivity contribution in [3.05, 3.63) is 35.6 Å². The fraction of sp³-hybridized carbons (Fsp3) is 0.571. The fourth-order valence-electron chi connectivity index (χ4n) is 2.95. The highest BCUT2D eigenvalue weighted by Gasteiger charge is 2.40. The summed E-state index contributed by atoms with van der Waals surface area (Å²) in [6.07, 6.45) is 3.34. The summed E-state index contributed by atoms with van der Waals surface area (Å²) in [7, 11) is 0. The first-order valence-electron chi connectivity index (χ1n) is 6.55. The maximum Gasteiger partial charge on any atom is 0.123 e. The van der Waals surface area contributed by atoms with Crippen LogP contribution in [0.1, 0.15) is 30.9 Å². The number of benzene rings is 1. The summed E-state index contributed by atoms with van der Waals surface area (Å²) in [6, 6.07) is 6.46. The number of ether oxygens (including phenoxy) is 1. The van der Waals surface area contributed by atoms with Gasteiger partial charge >= 0.3 is 0 Å². The van der Waals surface area contributed by atoms with E-state index in [2.05, 4.69) is 5.32 Å². The van der Waals surface area contributed by atoms with Crippen LogP contribution in [0.5, 0.6) is 0 Å². The van der Waals surface area contributed by atoms with Gasteiger partial charge in [0, 0.05) is 12.6 Å². The lowest BCUT2D eigenvalue weighted by molar-refractivity contribution is 0.0942. The number of aliphatic hydroxyl groups excluding tert-OH is 1. The largest absolute Gasteiger partial charge is 0.387 e. The first-order valence-corrected chi connectivity index (χ1v) is 6.55. The average Bonchev–Trinajstić information content (AvgIpc) is 2.98. The molecule has 0 aliphatic carbocycles. The lowest BCUT2D eigenvalue weighted by Gasteiger charge is -2.22. The molecule has 2 saturated heterocycles. The third-order valence-electron chi connectivity index (χ3n) is 3.91. The van der Waals surface area contributed by atoms with Gasteiger partial charge in [-0.1, -0.05) is 12.1 Å². The van der Waals surface area contributed by atoms with Gasteiger partial charge in [-0.25, -0.2) is 4.39 Å². The quantitative estimate of drug-likeness (QED) is 0.857. The molecule has 2 aliphatic rings. The minimum Gasteiger partial charge on any atom is -0.387 e. The van der Waals surface area contributed by atoms with Crippen molar-refractivity contribution >= 4 is 0 Å². The molecular formula is C14H18FNO2. The van der Waals surface area contributed by atoms with Gasteiger partial charge < -0.3 is 15.2 Å². The molecule has 0 radical (unpaired) electrons. The Bertz CT molecular complexity index is 426. The number of aliphatic hydroxyl groups is 1. The predicted octanol–water partition coefficient (Wildman–Crippen LogP) is 1.77. The molecule has 3 rings (SSSR count). The van der Waals surface area contributed by atoms with Crippen LogP contribution in [0.15, 0.2) is 24.3 Å². The van der Waals surface area contributed by atoms with E-state index < -0.39 is 6.10 Å². The van der Waals surface area contributed by atoms with Crippen molar-refractivity contribution in [2.75, 3.05) is 6.54 Å². The highest BCUT2D eigenvalue weighted by atomic mass is 19.1. The van der Waals surface area contributed by atoms with Crippen LogP contribution in [0.4, 0.5) is 4.39 Å². The smallest absolute Gasteiger partial charge is 0.123 e. The van der Waals surface area contributed by atoms with Gasteiger partial charge in [-0.05, 0) is 37.0 Å². The summed E-state index contributed by atoms with van der Waals surface area (Å²) < 4.78 is 18.8. The zero-order valence-corrected chi connectivity index (χ0v) is 10.2. The SMILES string of the molecule is OC(CNC1CC2CCC1O2)c1cccc(F)c1. The lowest BCUT2D eigenvalue weighted by Crippen LogP contribution is -2.39. The summed E-state index contributed by atoms with van der Waals surface area (Å²) in [4.78, 5) is 0. The molecule has 2 aliphatic heterocycles. The van der Waals surface area contributed by atoms with Crippen molar-refractivity contribution < 1.29 is 14.2 Å². The second kappa shape index (κ2) is 4.96. The third kappa shape index (κ3) is 2.41. The maximum absolute atomic E-state index is 13.0. The van der Waals surface area contributed by atoms with Gasteiger partial charge in [0.2, 0.25) is 0 Å². The number of hydrogen-bond acceptors (Lipinski definition) is 3. The summed E-state index contributed by atoms with van der Waals surface area (Å²) >= 11 is 0. The zero-order valence-electron chi connectivity index (χ0n) is 10.2. The van der Waals surface area contributed by atoms with Crippen molar-refractivity contribution in [1.82, 2.24) is 5.32 Å². The predicted molar refractivity (Wildman–Crippen MR) is 65.7 cm³/mol. The molecule has 0 saturated carbocycles. The number of fused-ring (bicyclic) bond motifs is 2. The molecule has 1 aromatic carbocycles. The van der Waals surface area contributed by atoms with Crippen LogP contribution in [0.25, 0.3) is 0 Å². The van der Waals surface area contributed by atoms with Crippen LogP contribution in [-0.2, 0) is 4.74 Å². The summed E-state index contributed by atoms with van der Waals surface area (Å²) in [5.41, 5.74) is 0.617. The van der Waals surface area contributed by atoms with Crippen molar-refractivity contribution in [3.63, 3.8) is 0 Å². The molecule has 2 heterocycles. The minimum absolute atomic E-state index is 0.301. The molecule has 4 atom stereocenters. The molecule has 0 aromatic heterocycles. The molecule has 0 amide bonds. The molecular weight excluding hydrogens is 233 g/mol. The van der Waals surface area contributed by atoms with Crippen LogP contribution >= 0.6 is 0 Å². The molecule has 1 aromatic rings. The normalized spacial score (nSPS) is 31.8. The Morgan fingerprint density at radius 1 is 1.44 bits per heavy atom. The van der Waals surface area contributed by atoms with Gasteiger partial charge in [0.1, 0.15) is 5.82 Å². The third-order valence-corrected chi connectivity index (χ3v) is 3.91. The summed E-state index contributed by atoms with van der Waals surface area (Å²) in [5, 5.41) is 13.3. The number of hydrogen-bond donors (Lipinski definition) is 2. The zero-order chi connectivity index (χ0) is 12.5. The van der Waals surface area contributed by atoms with E-state index in [9.17, 15) is 9.50 Å². The van der Waals surface area contributed by atoms with E-state index in [1.165, 1.54) is 12.1 Å². The van der Waals surface area contributed by atoms with Gasteiger partial charge in [0.25, 0.3) is 0 Å². The van der Waals surface area contributed by atoms with Crippen molar-refractivity contribution in [2.45, 2.75) is 43.6 Å². The standard InChI is InChI=1S/C14H18FNO2/c15-10-3-1-2-9(6-10)13(17)8-16-12-7-11-4-5-14(12)18-11/h1-3,6,11-14,16-17H,4-5,7-8H2. The molecule has 4 unspecified atom stereocenters. The molecule has 0 spiro atoms.